The molecule has 1 aliphatic rings. The summed E-state index contributed by atoms with van der Waals surface area (Å²) in [6.07, 6.45) is 1.71. The average molecular weight is 428 g/mol. The first-order valence-corrected chi connectivity index (χ1v) is 11.0. The molecule has 1 saturated heterocycles. The van der Waals surface area contributed by atoms with Crippen LogP contribution in [0.1, 0.15) is 47.1 Å². The van der Waals surface area contributed by atoms with Crippen molar-refractivity contribution >= 4 is 16.9 Å². The van der Waals surface area contributed by atoms with Gasteiger partial charge >= 0.3 is 0 Å². The summed E-state index contributed by atoms with van der Waals surface area (Å²) < 4.78 is 14.6. The smallest absolute Gasteiger partial charge is 0.255 e. The van der Waals surface area contributed by atoms with Gasteiger partial charge in [0.25, 0.3) is 5.91 Å². The zero-order valence-corrected chi connectivity index (χ0v) is 18.6. The molecule has 0 bridgehead atoms. The molecule has 1 fully saturated rings. The van der Waals surface area contributed by atoms with E-state index in [0.29, 0.717) is 23.2 Å². The van der Waals surface area contributed by atoms with Crippen molar-refractivity contribution in [2.45, 2.75) is 39.2 Å². The molecule has 4 nitrogen and oxygen atoms in total. The van der Waals surface area contributed by atoms with Crippen molar-refractivity contribution in [3.63, 3.8) is 0 Å². The lowest BCUT2D eigenvalue weighted by Gasteiger charge is -2.34. The minimum absolute atomic E-state index is 0.0998. The third kappa shape index (κ3) is 3.11. The summed E-state index contributed by atoms with van der Waals surface area (Å²) in [5, 5.41) is 0. The van der Waals surface area contributed by atoms with Crippen molar-refractivity contribution in [3.8, 4) is 11.1 Å². The van der Waals surface area contributed by atoms with Crippen LogP contribution in [0.4, 0.5) is 4.39 Å². The summed E-state index contributed by atoms with van der Waals surface area (Å²) in [5.74, 6) is 0.368. The van der Waals surface area contributed by atoms with Crippen LogP contribution in [0.2, 0.25) is 0 Å². The zero-order valence-electron chi connectivity index (χ0n) is 18.6. The fourth-order valence-corrected chi connectivity index (χ4v) is 4.83. The van der Waals surface area contributed by atoms with Crippen molar-refractivity contribution in [2.24, 2.45) is 0 Å². The first kappa shape index (κ1) is 20.4. The Morgan fingerprint density at radius 2 is 1.75 bits per heavy atom. The molecule has 1 atom stereocenters. The Morgan fingerprint density at radius 3 is 2.53 bits per heavy atom. The topological polar surface area (TPSA) is 49.0 Å². The third-order valence-corrected chi connectivity index (χ3v) is 6.90. The second-order valence-corrected chi connectivity index (χ2v) is 8.85. The SMILES string of the molecule is Cc1ccc2[nH]c(C3(C)CCCN3C(=O)c3ccccc3-c3ccccc3F)nc2c1C. The van der Waals surface area contributed by atoms with Crippen LogP contribution in [0.3, 0.4) is 0 Å². The van der Waals surface area contributed by atoms with Gasteiger partial charge in [-0.25, -0.2) is 9.37 Å². The van der Waals surface area contributed by atoms with Gasteiger partial charge in [0, 0.05) is 17.7 Å². The molecule has 4 aromatic rings. The highest BCUT2D eigenvalue weighted by Crippen LogP contribution is 2.40. The molecule has 1 amide bonds. The number of likely N-dealkylation sites (tertiary alicyclic amines) is 1. The molecule has 0 radical (unpaired) electrons. The molecule has 0 aliphatic carbocycles. The number of nitrogens with zero attached hydrogens (tertiary/aromatic N) is 2. The predicted molar refractivity (Wildman–Crippen MR) is 125 cm³/mol. The molecule has 1 unspecified atom stereocenters. The van der Waals surface area contributed by atoms with Crippen molar-refractivity contribution < 1.29 is 9.18 Å². The number of fused-ring (bicyclic) bond motifs is 1. The van der Waals surface area contributed by atoms with Crippen molar-refractivity contribution in [1.29, 1.82) is 0 Å². The van der Waals surface area contributed by atoms with Crippen LogP contribution in [0.25, 0.3) is 22.2 Å². The number of aromatic amines is 1. The fourth-order valence-electron chi connectivity index (χ4n) is 4.83. The molecule has 5 rings (SSSR count). The van der Waals surface area contributed by atoms with Gasteiger partial charge in [-0.05, 0) is 68.5 Å². The highest BCUT2D eigenvalue weighted by atomic mass is 19.1. The zero-order chi connectivity index (χ0) is 22.5. The van der Waals surface area contributed by atoms with Crippen molar-refractivity contribution in [3.05, 3.63) is 89.0 Å². The number of aromatic nitrogens is 2. The van der Waals surface area contributed by atoms with Gasteiger partial charge in [0.2, 0.25) is 0 Å². The third-order valence-electron chi connectivity index (χ3n) is 6.90. The van der Waals surface area contributed by atoms with Crippen LogP contribution < -0.4 is 0 Å². The Hall–Kier alpha value is -3.47. The van der Waals surface area contributed by atoms with Gasteiger partial charge in [0.15, 0.2) is 0 Å². The molecule has 0 saturated carbocycles. The average Bonchev–Trinajstić information content (AvgIpc) is 3.41. The standard InChI is InChI=1S/C27H26FN3O/c1-17-13-14-23-24(18(17)2)30-26(29-23)27(3)15-8-16-31(27)25(32)21-11-5-4-9-19(21)20-10-6-7-12-22(20)28/h4-7,9-14H,8,15-16H2,1-3H3,(H,29,30). The molecule has 32 heavy (non-hydrogen) atoms. The number of hydrogen-bond acceptors (Lipinski definition) is 2. The van der Waals surface area contributed by atoms with Crippen LogP contribution in [0, 0.1) is 19.7 Å². The van der Waals surface area contributed by atoms with E-state index in [0.717, 1.165) is 35.3 Å². The summed E-state index contributed by atoms with van der Waals surface area (Å²) in [4.78, 5) is 24.1. The minimum Gasteiger partial charge on any atom is -0.340 e. The van der Waals surface area contributed by atoms with Crippen LogP contribution in [-0.4, -0.2) is 27.3 Å². The van der Waals surface area contributed by atoms with Crippen molar-refractivity contribution in [2.75, 3.05) is 6.54 Å². The molecule has 0 spiro atoms. The lowest BCUT2D eigenvalue weighted by atomic mass is 9.94. The fraction of sp³-hybridized carbons (Fsp3) is 0.259. The van der Waals surface area contributed by atoms with Gasteiger partial charge in [0.05, 0.1) is 16.6 Å². The highest BCUT2D eigenvalue weighted by molar-refractivity contribution is 6.01. The Kier molecular flexibility index (Phi) is 4.85. The first-order chi connectivity index (χ1) is 15.4. The lowest BCUT2D eigenvalue weighted by Crippen LogP contribution is -2.43. The van der Waals surface area contributed by atoms with Crippen LogP contribution in [0.15, 0.2) is 60.7 Å². The second kappa shape index (κ2) is 7.59. The number of hydrogen-bond donors (Lipinski definition) is 1. The maximum Gasteiger partial charge on any atom is 0.255 e. The highest BCUT2D eigenvalue weighted by Gasteiger charge is 2.44. The van der Waals surface area contributed by atoms with E-state index in [-0.39, 0.29) is 11.7 Å². The number of rotatable bonds is 3. The molecule has 2 heterocycles. The summed E-state index contributed by atoms with van der Waals surface area (Å²) >= 11 is 0. The molecule has 3 aromatic carbocycles. The molecular weight excluding hydrogens is 401 g/mol. The van der Waals surface area contributed by atoms with Crippen molar-refractivity contribution in [1.82, 2.24) is 14.9 Å². The molecule has 1 aliphatic heterocycles. The molecule has 5 heteroatoms. The van der Waals surface area contributed by atoms with Crippen LogP contribution >= 0.6 is 0 Å². The van der Waals surface area contributed by atoms with E-state index in [1.54, 1.807) is 24.3 Å². The number of carbonyl (C=O) groups is 1. The van der Waals surface area contributed by atoms with Crippen LogP contribution in [-0.2, 0) is 5.54 Å². The number of aryl methyl sites for hydroxylation is 2. The second-order valence-electron chi connectivity index (χ2n) is 8.85. The summed E-state index contributed by atoms with van der Waals surface area (Å²) in [6.45, 7) is 6.86. The molecule has 1 N–H and O–H groups in total. The van der Waals surface area contributed by atoms with E-state index in [2.05, 4.69) is 31.8 Å². The number of H-pyrrole nitrogens is 1. The Bertz CT molecular complexity index is 1340. The van der Waals surface area contributed by atoms with E-state index in [4.69, 9.17) is 4.98 Å². The summed E-state index contributed by atoms with van der Waals surface area (Å²) in [6, 6.07) is 18.0. The molecule has 162 valence electrons. The molecular formula is C27H26FN3O. The number of nitrogens with one attached hydrogen (secondary N) is 1. The van der Waals surface area contributed by atoms with Crippen LogP contribution in [0.5, 0.6) is 0 Å². The minimum atomic E-state index is -0.557. The maximum atomic E-state index is 14.6. The van der Waals surface area contributed by atoms with E-state index < -0.39 is 5.54 Å². The number of amides is 1. The van der Waals surface area contributed by atoms with Gasteiger partial charge in [-0.3, -0.25) is 4.79 Å². The van der Waals surface area contributed by atoms with E-state index in [9.17, 15) is 9.18 Å². The van der Waals surface area contributed by atoms with E-state index >= 15 is 0 Å². The number of halogens is 1. The van der Waals surface area contributed by atoms with Gasteiger partial charge < -0.3 is 9.88 Å². The van der Waals surface area contributed by atoms with E-state index in [1.807, 2.05) is 29.2 Å². The number of carbonyl (C=O) groups excluding carboxylic acids is 1. The maximum absolute atomic E-state index is 14.6. The largest absolute Gasteiger partial charge is 0.340 e. The van der Waals surface area contributed by atoms with Gasteiger partial charge in [0.1, 0.15) is 11.6 Å². The predicted octanol–water partition coefficient (Wildman–Crippen LogP) is 6.14. The summed E-state index contributed by atoms with van der Waals surface area (Å²) in [5.41, 5.74) is 5.27. The van der Waals surface area contributed by atoms with Gasteiger partial charge in [-0.2, -0.15) is 0 Å². The van der Waals surface area contributed by atoms with E-state index in [1.165, 1.54) is 11.6 Å². The molecule has 1 aromatic heterocycles. The first-order valence-electron chi connectivity index (χ1n) is 11.0. The Morgan fingerprint density at radius 1 is 1.03 bits per heavy atom. The summed E-state index contributed by atoms with van der Waals surface area (Å²) in [7, 11) is 0. The Labute approximate surface area is 187 Å². The van der Waals surface area contributed by atoms with Gasteiger partial charge in [-0.15, -0.1) is 0 Å². The quantitative estimate of drug-likeness (QED) is 0.427. The number of benzene rings is 3. The number of imidazole rings is 1. The van der Waals surface area contributed by atoms with Gasteiger partial charge in [-0.1, -0.05) is 42.5 Å². The Balaban J connectivity index is 1.58. The lowest BCUT2D eigenvalue weighted by molar-refractivity contribution is 0.0607. The monoisotopic (exact) mass is 427 g/mol. The normalized spacial score (nSPS) is 18.4.